The molecule has 0 saturated heterocycles. The molecule has 0 aromatic heterocycles. The second-order valence-electron chi connectivity index (χ2n) is 4.14. The molecule has 18 heavy (non-hydrogen) atoms. The molecule has 0 bridgehead atoms. The first-order valence-corrected chi connectivity index (χ1v) is 6.37. The highest BCUT2D eigenvalue weighted by molar-refractivity contribution is 5.77. The maximum absolute atomic E-state index is 12.0. The molecule has 0 atom stereocenters. The van der Waals surface area contributed by atoms with Gasteiger partial charge in [0.2, 0.25) is 5.91 Å². The van der Waals surface area contributed by atoms with Crippen LogP contribution in [0.5, 0.6) is 0 Å². The minimum absolute atomic E-state index is 0.0224. The molecule has 0 aliphatic heterocycles. The summed E-state index contributed by atoms with van der Waals surface area (Å²) in [4.78, 5) is 13.8. The number of hydrogen-bond donors (Lipinski definition) is 1. The second-order valence-corrected chi connectivity index (χ2v) is 4.14. The van der Waals surface area contributed by atoms with Crippen molar-refractivity contribution in [3.8, 4) is 0 Å². The van der Waals surface area contributed by atoms with Crippen molar-refractivity contribution in [3.05, 3.63) is 35.9 Å². The van der Waals surface area contributed by atoms with Crippen LogP contribution in [0.15, 0.2) is 30.3 Å². The molecule has 0 spiro atoms. The van der Waals surface area contributed by atoms with E-state index in [1.807, 2.05) is 35.2 Å². The Balaban J connectivity index is 2.50. The van der Waals surface area contributed by atoms with E-state index >= 15 is 0 Å². The Hall–Kier alpha value is -1.39. The summed E-state index contributed by atoms with van der Waals surface area (Å²) in [5.74, 6) is 0.0224. The van der Waals surface area contributed by atoms with E-state index in [-0.39, 0.29) is 12.5 Å². The number of amides is 1. The molecule has 0 radical (unpaired) electrons. The molecule has 0 unspecified atom stereocenters. The highest BCUT2D eigenvalue weighted by atomic mass is 16.5. The van der Waals surface area contributed by atoms with Crippen LogP contribution < -0.4 is 5.73 Å². The molecule has 1 aromatic rings. The monoisotopic (exact) mass is 250 g/mol. The molecule has 1 rings (SSSR count). The zero-order chi connectivity index (χ0) is 13.2. The molecule has 0 heterocycles. The first-order chi connectivity index (χ1) is 8.77. The normalized spacial score (nSPS) is 10.3. The van der Waals surface area contributed by atoms with E-state index < -0.39 is 0 Å². The minimum atomic E-state index is 0.0224. The fourth-order valence-electron chi connectivity index (χ4n) is 1.70. The molecular weight excluding hydrogens is 228 g/mol. The molecule has 4 heteroatoms. The number of carbonyl (C=O) groups excluding carboxylic acids is 1. The zero-order valence-corrected chi connectivity index (χ0v) is 11.0. The van der Waals surface area contributed by atoms with Gasteiger partial charge in [-0.3, -0.25) is 4.79 Å². The number of benzene rings is 1. The van der Waals surface area contributed by atoms with Crippen LogP contribution in [0.25, 0.3) is 0 Å². The maximum atomic E-state index is 12.0. The number of carbonyl (C=O) groups is 1. The Morgan fingerprint density at radius 1 is 1.33 bits per heavy atom. The van der Waals surface area contributed by atoms with Gasteiger partial charge < -0.3 is 15.4 Å². The predicted molar refractivity (Wildman–Crippen MR) is 72.0 cm³/mol. The molecule has 0 fully saturated rings. The van der Waals surface area contributed by atoms with Crippen LogP contribution in [0.1, 0.15) is 18.9 Å². The molecule has 2 N–H and O–H groups in total. The SMILES string of the molecule is CCCN(Cc1ccccc1)C(=O)COCCN. The summed E-state index contributed by atoms with van der Waals surface area (Å²) in [5.41, 5.74) is 6.46. The quantitative estimate of drug-likeness (QED) is 0.710. The average Bonchev–Trinajstić information content (AvgIpc) is 2.39. The van der Waals surface area contributed by atoms with E-state index in [0.717, 1.165) is 18.5 Å². The van der Waals surface area contributed by atoms with Crippen LogP contribution in [-0.2, 0) is 16.1 Å². The first-order valence-electron chi connectivity index (χ1n) is 6.37. The molecule has 1 aromatic carbocycles. The zero-order valence-electron chi connectivity index (χ0n) is 11.0. The van der Waals surface area contributed by atoms with Crippen molar-refractivity contribution in [2.24, 2.45) is 5.73 Å². The van der Waals surface area contributed by atoms with Crippen molar-refractivity contribution in [2.75, 3.05) is 26.3 Å². The molecule has 1 amide bonds. The third-order valence-electron chi connectivity index (χ3n) is 2.55. The second kappa shape index (κ2) is 8.66. The lowest BCUT2D eigenvalue weighted by Crippen LogP contribution is -2.34. The first kappa shape index (κ1) is 14.7. The summed E-state index contributed by atoms with van der Waals surface area (Å²) in [6, 6.07) is 9.98. The Labute approximate surface area is 109 Å². The number of rotatable bonds is 8. The van der Waals surface area contributed by atoms with E-state index in [1.54, 1.807) is 0 Å². The molecular formula is C14H22N2O2. The van der Waals surface area contributed by atoms with Crippen molar-refractivity contribution in [3.63, 3.8) is 0 Å². The fraction of sp³-hybridized carbons (Fsp3) is 0.500. The Morgan fingerprint density at radius 3 is 2.67 bits per heavy atom. The van der Waals surface area contributed by atoms with Gasteiger partial charge in [0.05, 0.1) is 6.61 Å². The van der Waals surface area contributed by atoms with Gasteiger partial charge in [0.15, 0.2) is 0 Å². The lowest BCUT2D eigenvalue weighted by atomic mass is 10.2. The van der Waals surface area contributed by atoms with Gasteiger partial charge in [-0.1, -0.05) is 37.3 Å². The average molecular weight is 250 g/mol. The topological polar surface area (TPSA) is 55.6 Å². The lowest BCUT2D eigenvalue weighted by molar-refractivity contribution is -0.136. The number of nitrogens with two attached hydrogens (primary N) is 1. The Bertz CT molecular complexity index is 341. The Morgan fingerprint density at radius 2 is 2.06 bits per heavy atom. The van der Waals surface area contributed by atoms with Crippen molar-refractivity contribution in [1.29, 1.82) is 0 Å². The smallest absolute Gasteiger partial charge is 0.248 e. The van der Waals surface area contributed by atoms with Crippen LogP contribution in [0.3, 0.4) is 0 Å². The van der Waals surface area contributed by atoms with Gasteiger partial charge in [0.25, 0.3) is 0 Å². The van der Waals surface area contributed by atoms with E-state index in [2.05, 4.69) is 6.92 Å². The van der Waals surface area contributed by atoms with E-state index in [9.17, 15) is 4.79 Å². The van der Waals surface area contributed by atoms with Crippen molar-refractivity contribution >= 4 is 5.91 Å². The highest BCUT2D eigenvalue weighted by Gasteiger charge is 2.12. The largest absolute Gasteiger partial charge is 0.370 e. The molecule has 0 saturated carbocycles. The van der Waals surface area contributed by atoms with Crippen LogP contribution in [0.4, 0.5) is 0 Å². The van der Waals surface area contributed by atoms with E-state index in [4.69, 9.17) is 10.5 Å². The number of ether oxygens (including phenoxy) is 1. The predicted octanol–water partition coefficient (Wildman–Crippen LogP) is 1.40. The summed E-state index contributed by atoms with van der Waals surface area (Å²) in [6.07, 6.45) is 0.940. The van der Waals surface area contributed by atoms with Gasteiger partial charge >= 0.3 is 0 Å². The van der Waals surface area contributed by atoms with E-state index in [0.29, 0.717) is 19.7 Å². The summed E-state index contributed by atoms with van der Waals surface area (Å²) < 4.78 is 5.19. The third kappa shape index (κ3) is 5.29. The standard InChI is InChI=1S/C14H22N2O2/c1-2-9-16(14(17)12-18-10-8-15)11-13-6-4-3-5-7-13/h3-7H,2,8-12,15H2,1H3. The fourth-order valence-corrected chi connectivity index (χ4v) is 1.70. The number of hydrogen-bond acceptors (Lipinski definition) is 3. The summed E-state index contributed by atoms with van der Waals surface area (Å²) in [7, 11) is 0. The van der Waals surface area contributed by atoms with Gasteiger partial charge in [0.1, 0.15) is 6.61 Å². The van der Waals surface area contributed by atoms with Gasteiger partial charge in [-0.2, -0.15) is 0 Å². The highest BCUT2D eigenvalue weighted by Crippen LogP contribution is 2.05. The summed E-state index contributed by atoms with van der Waals surface area (Å²) >= 11 is 0. The van der Waals surface area contributed by atoms with Gasteiger partial charge in [-0.05, 0) is 12.0 Å². The van der Waals surface area contributed by atoms with Gasteiger partial charge in [0, 0.05) is 19.6 Å². The third-order valence-corrected chi connectivity index (χ3v) is 2.55. The maximum Gasteiger partial charge on any atom is 0.248 e. The lowest BCUT2D eigenvalue weighted by Gasteiger charge is -2.22. The van der Waals surface area contributed by atoms with Crippen LogP contribution >= 0.6 is 0 Å². The summed E-state index contributed by atoms with van der Waals surface area (Å²) in [5, 5.41) is 0. The van der Waals surface area contributed by atoms with Crippen molar-refractivity contribution in [1.82, 2.24) is 4.90 Å². The van der Waals surface area contributed by atoms with Crippen LogP contribution in [0, 0.1) is 0 Å². The molecule has 4 nitrogen and oxygen atoms in total. The van der Waals surface area contributed by atoms with E-state index in [1.165, 1.54) is 0 Å². The van der Waals surface area contributed by atoms with Gasteiger partial charge in [-0.15, -0.1) is 0 Å². The van der Waals surface area contributed by atoms with Gasteiger partial charge in [-0.25, -0.2) is 0 Å². The molecule has 0 aliphatic carbocycles. The number of nitrogens with zero attached hydrogens (tertiary/aromatic N) is 1. The van der Waals surface area contributed by atoms with Crippen molar-refractivity contribution in [2.45, 2.75) is 19.9 Å². The van der Waals surface area contributed by atoms with Crippen molar-refractivity contribution < 1.29 is 9.53 Å². The minimum Gasteiger partial charge on any atom is -0.370 e. The molecule has 0 aliphatic rings. The van der Waals surface area contributed by atoms with Crippen LogP contribution in [-0.4, -0.2) is 37.1 Å². The summed E-state index contributed by atoms with van der Waals surface area (Å²) in [6.45, 7) is 4.44. The Kier molecular flexibility index (Phi) is 7.06. The molecule has 100 valence electrons. The van der Waals surface area contributed by atoms with Crippen LogP contribution in [0.2, 0.25) is 0 Å².